The van der Waals surface area contributed by atoms with Gasteiger partial charge in [-0.1, -0.05) is 0 Å². The maximum atomic E-state index is 10.7. The van der Waals surface area contributed by atoms with E-state index in [0.29, 0.717) is 25.8 Å². The van der Waals surface area contributed by atoms with Crippen molar-refractivity contribution < 1.29 is 19.5 Å². The lowest BCUT2D eigenvalue weighted by molar-refractivity contribution is -0.141. The number of hydrogen-bond donors (Lipinski definition) is 3. The predicted octanol–water partition coefficient (Wildman–Crippen LogP) is -0.118. The Morgan fingerprint density at radius 1 is 1.12 bits per heavy atom. The van der Waals surface area contributed by atoms with Crippen molar-refractivity contribution in [1.29, 1.82) is 0 Å². The molecule has 0 radical (unpaired) electrons. The second-order valence-corrected chi connectivity index (χ2v) is 3.57. The molecule has 6 nitrogen and oxygen atoms in total. The fourth-order valence-electron chi connectivity index (χ4n) is 1.24. The molecule has 0 aliphatic rings. The van der Waals surface area contributed by atoms with Gasteiger partial charge in [-0.25, -0.2) is 4.79 Å². The summed E-state index contributed by atoms with van der Waals surface area (Å²) in [5.74, 6) is -1.49. The smallest absolute Gasteiger partial charge is 0.326 e. The second-order valence-electron chi connectivity index (χ2n) is 3.57. The SMILES string of the molecule is CC(=O)NCCCCC(NC(C)=O)C(=O)O. The monoisotopic (exact) mass is 230 g/mol. The molecule has 0 aliphatic heterocycles. The van der Waals surface area contributed by atoms with Crippen LogP contribution in [0.1, 0.15) is 33.1 Å². The molecule has 16 heavy (non-hydrogen) atoms. The number of carboxylic acids is 1. The summed E-state index contributed by atoms with van der Waals surface area (Å²) in [5.41, 5.74) is 0. The summed E-state index contributed by atoms with van der Waals surface area (Å²) in [4.78, 5) is 32.0. The standard InChI is InChI=1S/C10H18N2O4/c1-7(13)11-6-4-3-5-9(10(15)16)12-8(2)14/h9H,3-6H2,1-2H3,(H,11,13)(H,12,14)(H,15,16). The normalized spacial score (nSPS) is 11.6. The first-order chi connectivity index (χ1) is 7.43. The van der Waals surface area contributed by atoms with Crippen LogP contribution in [0.4, 0.5) is 0 Å². The van der Waals surface area contributed by atoms with Crippen molar-refractivity contribution in [1.82, 2.24) is 10.6 Å². The Morgan fingerprint density at radius 3 is 2.19 bits per heavy atom. The number of nitrogens with one attached hydrogen (secondary N) is 2. The number of carbonyl (C=O) groups is 3. The van der Waals surface area contributed by atoms with Gasteiger partial charge in [0.15, 0.2) is 0 Å². The van der Waals surface area contributed by atoms with Gasteiger partial charge >= 0.3 is 5.97 Å². The van der Waals surface area contributed by atoms with E-state index in [9.17, 15) is 14.4 Å². The molecule has 3 N–H and O–H groups in total. The molecular formula is C10H18N2O4. The zero-order valence-corrected chi connectivity index (χ0v) is 9.58. The maximum absolute atomic E-state index is 10.7. The Kier molecular flexibility index (Phi) is 6.91. The van der Waals surface area contributed by atoms with Gasteiger partial charge in [-0.05, 0) is 19.3 Å². The summed E-state index contributed by atoms with van der Waals surface area (Å²) in [7, 11) is 0. The number of hydrogen-bond acceptors (Lipinski definition) is 3. The minimum atomic E-state index is -1.03. The lowest BCUT2D eigenvalue weighted by Gasteiger charge is -2.12. The van der Waals surface area contributed by atoms with Crippen LogP contribution in [0.3, 0.4) is 0 Å². The zero-order chi connectivity index (χ0) is 12.6. The van der Waals surface area contributed by atoms with E-state index in [-0.39, 0.29) is 11.8 Å². The average molecular weight is 230 g/mol. The van der Waals surface area contributed by atoms with Gasteiger partial charge in [-0.15, -0.1) is 0 Å². The molecule has 0 aromatic rings. The minimum Gasteiger partial charge on any atom is -0.480 e. The number of aliphatic carboxylic acids is 1. The molecule has 2 amide bonds. The highest BCUT2D eigenvalue weighted by atomic mass is 16.4. The molecule has 1 atom stereocenters. The molecule has 0 rings (SSSR count). The van der Waals surface area contributed by atoms with E-state index in [2.05, 4.69) is 10.6 Å². The van der Waals surface area contributed by atoms with Crippen molar-refractivity contribution in [3.63, 3.8) is 0 Å². The van der Waals surface area contributed by atoms with Gasteiger partial charge in [-0.2, -0.15) is 0 Å². The van der Waals surface area contributed by atoms with Crippen LogP contribution < -0.4 is 10.6 Å². The van der Waals surface area contributed by atoms with Crippen LogP contribution in [0.25, 0.3) is 0 Å². The van der Waals surface area contributed by atoms with Crippen LogP contribution in [-0.4, -0.2) is 35.5 Å². The molecule has 0 spiro atoms. The summed E-state index contributed by atoms with van der Waals surface area (Å²) < 4.78 is 0. The quantitative estimate of drug-likeness (QED) is 0.531. The van der Waals surface area contributed by atoms with Gasteiger partial charge < -0.3 is 15.7 Å². The summed E-state index contributed by atoms with van der Waals surface area (Å²) in [6, 6.07) is -0.838. The van der Waals surface area contributed by atoms with Crippen LogP contribution in [0.5, 0.6) is 0 Å². The zero-order valence-electron chi connectivity index (χ0n) is 9.58. The second kappa shape index (κ2) is 7.67. The van der Waals surface area contributed by atoms with E-state index < -0.39 is 12.0 Å². The maximum Gasteiger partial charge on any atom is 0.326 e. The molecule has 0 saturated heterocycles. The Bertz CT molecular complexity index is 266. The number of unbranched alkanes of at least 4 members (excludes halogenated alkanes) is 1. The lowest BCUT2D eigenvalue weighted by Crippen LogP contribution is -2.39. The largest absolute Gasteiger partial charge is 0.480 e. The van der Waals surface area contributed by atoms with Gasteiger partial charge in [0.2, 0.25) is 11.8 Å². The Balaban J connectivity index is 3.72. The van der Waals surface area contributed by atoms with E-state index in [4.69, 9.17) is 5.11 Å². The van der Waals surface area contributed by atoms with Crippen LogP contribution in [0, 0.1) is 0 Å². The summed E-state index contributed by atoms with van der Waals surface area (Å²) >= 11 is 0. The van der Waals surface area contributed by atoms with E-state index in [0.717, 1.165) is 0 Å². The van der Waals surface area contributed by atoms with Crippen molar-refractivity contribution in [2.24, 2.45) is 0 Å². The molecule has 6 heteroatoms. The first-order valence-corrected chi connectivity index (χ1v) is 5.18. The van der Waals surface area contributed by atoms with E-state index in [1.54, 1.807) is 0 Å². The molecular weight excluding hydrogens is 212 g/mol. The Hall–Kier alpha value is -1.59. The van der Waals surface area contributed by atoms with Gasteiger partial charge in [0, 0.05) is 20.4 Å². The third-order valence-corrected chi connectivity index (χ3v) is 1.97. The molecule has 0 fully saturated rings. The minimum absolute atomic E-state index is 0.100. The summed E-state index contributed by atoms with van der Waals surface area (Å²) in [6.07, 6.45) is 1.70. The third-order valence-electron chi connectivity index (χ3n) is 1.97. The Labute approximate surface area is 94.4 Å². The molecule has 0 heterocycles. The van der Waals surface area contributed by atoms with Gasteiger partial charge in [0.05, 0.1) is 0 Å². The van der Waals surface area contributed by atoms with Crippen LogP contribution in [-0.2, 0) is 14.4 Å². The van der Waals surface area contributed by atoms with Crippen molar-refractivity contribution in [3.8, 4) is 0 Å². The van der Waals surface area contributed by atoms with Gasteiger partial charge in [0.1, 0.15) is 6.04 Å². The molecule has 0 aromatic heterocycles. The molecule has 92 valence electrons. The number of rotatable bonds is 7. The topological polar surface area (TPSA) is 95.5 Å². The Morgan fingerprint density at radius 2 is 1.75 bits per heavy atom. The fourth-order valence-corrected chi connectivity index (χ4v) is 1.24. The highest BCUT2D eigenvalue weighted by Crippen LogP contribution is 2.01. The average Bonchev–Trinajstić information content (AvgIpc) is 2.14. The number of amides is 2. The highest BCUT2D eigenvalue weighted by molar-refractivity contribution is 5.81. The molecule has 0 bridgehead atoms. The van der Waals surface area contributed by atoms with E-state index >= 15 is 0 Å². The molecule has 0 aromatic carbocycles. The highest BCUT2D eigenvalue weighted by Gasteiger charge is 2.17. The van der Waals surface area contributed by atoms with Crippen molar-refractivity contribution in [2.45, 2.75) is 39.2 Å². The van der Waals surface area contributed by atoms with E-state index in [1.165, 1.54) is 13.8 Å². The lowest BCUT2D eigenvalue weighted by atomic mass is 10.1. The van der Waals surface area contributed by atoms with E-state index in [1.807, 2.05) is 0 Å². The van der Waals surface area contributed by atoms with Gasteiger partial charge in [0.25, 0.3) is 0 Å². The van der Waals surface area contributed by atoms with Crippen molar-refractivity contribution in [3.05, 3.63) is 0 Å². The predicted molar refractivity (Wildman–Crippen MR) is 57.8 cm³/mol. The van der Waals surface area contributed by atoms with Crippen LogP contribution in [0.2, 0.25) is 0 Å². The van der Waals surface area contributed by atoms with Crippen LogP contribution in [0.15, 0.2) is 0 Å². The number of carboxylic acid groups (broad SMARTS) is 1. The molecule has 0 aliphatic carbocycles. The van der Waals surface area contributed by atoms with Crippen molar-refractivity contribution >= 4 is 17.8 Å². The number of carbonyl (C=O) groups excluding carboxylic acids is 2. The third kappa shape index (κ3) is 7.78. The van der Waals surface area contributed by atoms with Crippen molar-refractivity contribution in [2.75, 3.05) is 6.54 Å². The first kappa shape index (κ1) is 14.4. The first-order valence-electron chi connectivity index (χ1n) is 5.18. The molecule has 0 saturated carbocycles. The van der Waals surface area contributed by atoms with Gasteiger partial charge in [-0.3, -0.25) is 9.59 Å². The molecule has 1 unspecified atom stereocenters. The fraction of sp³-hybridized carbons (Fsp3) is 0.700. The van der Waals surface area contributed by atoms with Crippen LogP contribution >= 0.6 is 0 Å². The summed E-state index contributed by atoms with van der Waals surface area (Å²) in [6.45, 7) is 3.24. The summed E-state index contributed by atoms with van der Waals surface area (Å²) in [5, 5.41) is 13.8.